The van der Waals surface area contributed by atoms with Crippen molar-refractivity contribution in [3.63, 3.8) is 0 Å². The minimum absolute atomic E-state index is 0.0644. The molecule has 0 N–H and O–H groups in total. The second kappa shape index (κ2) is 10.7. The third-order valence-corrected chi connectivity index (χ3v) is 3.53. The van der Waals surface area contributed by atoms with E-state index in [-0.39, 0.29) is 35.9 Å². The number of ether oxygens (including phenoxy) is 1. The fourth-order valence-electron chi connectivity index (χ4n) is 1.58. The predicted octanol–water partition coefficient (Wildman–Crippen LogP) is 2.24. The summed E-state index contributed by atoms with van der Waals surface area (Å²) in [5, 5.41) is -0.0712. The fourth-order valence-corrected chi connectivity index (χ4v) is 2.34. The summed E-state index contributed by atoms with van der Waals surface area (Å²) in [6.07, 6.45) is 0.468. The zero-order chi connectivity index (χ0) is 15.5. The maximum Gasteiger partial charge on any atom is 0.306 e. The lowest BCUT2D eigenvalue weighted by molar-refractivity contribution is -0.148. The zero-order valence-electron chi connectivity index (χ0n) is 12.8. The van der Waals surface area contributed by atoms with Crippen molar-refractivity contribution in [3.05, 3.63) is 0 Å². The van der Waals surface area contributed by atoms with E-state index in [1.807, 2.05) is 13.8 Å². The van der Waals surface area contributed by atoms with Crippen LogP contribution in [0.25, 0.3) is 0 Å². The summed E-state index contributed by atoms with van der Waals surface area (Å²) in [5.74, 6) is 0.176. The van der Waals surface area contributed by atoms with Crippen molar-refractivity contribution in [1.82, 2.24) is 4.90 Å². The summed E-state index contributed by atoms with van der Waals surface area (Å²) in [4.78, 5) is 36.3. The second-order valence-corrected chi connectivity index (χ2v) is 5.73. The van der Waals surface area contributed by atoms with Gasteiger partial charge in [0.25, 0.3) is 0 Å². The van der Waals surface area contributed by atoms with E-state index in [0.29, 0.717) is 25.3 Å². The first-order chi connectivity index (χ1) is 9.40. The Morgan fingerprint density at radius 2 is 1.65 bits per heavy atom. The molecule has 0 unspecified atom stereocenters. The number of thioether (sulfide) groups is 1. The monoisotopic (exact) mass is 303 g/mol. The molecule has 0 spiro atoms. The van der Waals surface area contributed by atoms with Crippen LogP contribution in [0.5, 0.6) is 0 Å². The average Bonchev–Trinajstić information content (AvgIpc) is 2.37. The van der Waals surface area contributed by atoms with Crippen LogP contribution in [0.3, 0.4) is 0 Å². The molecule has 0 aliphatic heterocycles. The maximum atomic E-state index is 11.7. The van der Waals surface area contributed by atoms with Crippen LogP contribution >= 0.6 is 11.8 Å². The molecule has 0 saturated carbocycles. The number of hydrogen-bond acceptors (Lipinski definition) is 5. The topological polar surface area (TPSA) is 63.7 Å². The van der Waals surface area contributed by atoms with E-state index in [0.717, 1.165) is 11.8 Å². The third kappa shape index (κ3) is 8.96. The zero-order valence-corrected chi connectivity index (χ0v) is 13.6. The predicted molar refractivity (Wildman–Crippen MR) is 80.5 cm³/mol. The Kier molecular flexibility index (Phi) is 10.2. The molecule has 5 nitrogen and oxygen atoms in total. The highest BCUT2D eigenvalue weighted by atomic mass is 32.2. The number of hydrogen-bond donors (Lipinski definition) is 0. The van der Waals surface area contributed by atoms with Crippen molar-refractivity contribution in [2.24, 2.45) is 0 Å². The summed E-state index contributed by atoms with van der Waals surface area (Å²) < 4.78 is 4.94. The van der Waals surface area contributed by atoms with E-state index in [9.17, 15) is 14.4 Å². The van der Waals surface area contributed by atoms with E-state index < -0.39 is 0 Å². The molecule has 6 heteroatoms. The molecule has 0 rings (SSSR count). The van der Waals surface area contributed by atoms with E-state index in [1.54, 1.807) is 18.7 Å². The van der Waals surface area contributed by atoms with E-state index in [1.165, 1.54) is 0 Å². The van der Waals surface area contributed by atoms with Gasteiger partial charge in [0.15, 0.2) is 5.12 Å². The summed E-state index contributed by atoms with van der Waals surface area (Å²) in [6.45, 7) is 8.78. The van der Waals surface area contributed by atoms with Crippen molar-refractivity contribution < 1.29 is 19.1 Å². The van der Waals surface area contributed by atoms with Gasteiger partial charge in [0, 0.05) is 31.7 Å². The van der Waals surface area contributed by atoms with Crippen molar-refractivity contribution in [2.45, 2.75) is 53.1 Å². The molecule has 0 radical (unpaired) electrons. The van der Waals surface area contributed by atoms with E-state index >= 15 is 0 Å². The molecule has 0 atom stereocenters. The van der Waals surface area contributed by atoms with Gasteiger partial charge in [0.2, 0.25) is 5.91 Å². The number of carbonyl (C=O) groups is 3. The second-order valence-electron chi connectivity index (χ2n) is 4.58. The molecule has 0 aliphatic rings. The van der Waals surface area contributed by atoms with Crippen LogP contribution in [0, 0.1) is 0 Å². The van der Waals surface area contributed by atoms with Crippen molar-refractivity contribution in [3.8, 4) is 0 Å². The van der Waals surface area contributed by atoms with Crippen LogP contribution in [0.15, 0.2) is 0 Å². The van der Waals surface area contributed by atoms with Crippen LogP contribution in [-0.4, -0.2) is 46.8 Å². The van der Waals surface area contributed by atoms with Crippen LogP contribution in [0.2, 0.25) is 0 Å². The molecule has 0 aliphatic carbocycles. The standard InChI is InChI=1S/C14H25NO4S/c1-5-15(6-2)12(16)9-10-20-14(18)8-7-13(17)19-11(3)4/h11H,5-10H2,1-4H3. The van der Waals surface area contributed by atoms with E-state index in [4.69, 9.17) is 4.74 Å². The van der Waals surface area contributed by atoms with Crippen LogP contribution in [-0.2, 0) is 19.1 Å². The first-order valence-corrected chi connectivity index (χ1v) is 8.02. The quantitative estimate of drug-likeness (QED) is 0.611. The molecule has 0 saturated heterocycles. The Bertz CT molecular complexity index is 327. The van der Waals surface area contributed by atoms with Gasteiger partial charge in [-0.05, 0) is 27.7 Å². The number of nitrogens with zero attached hydrogens (tertiary/aromatic N) is 1. The van der Waals surface area contributed by atoms with Crippen molar-refractivity contribution in [2.75, 3.05) is 18.8 Å². The Balaban J connectivity index is 3.78. The molecule has 116 valence electrons. The van der Waals surface area contributed by atoms with Gasteiger partial charge in [0.05, 0.1) is 12.5 Å². The number of carbonyl (C=O) groups excluding carboxylic acids is 3. The summed E-state index contributed by atoms with van der Waals surface area (Å²) in [5.41, 5.74) is 0. The smallest absolute Gasteiger partial charge is 0.306 e. The van der Waals surface area contributed by atoms with Gasteiger partial charge in [-0.2, -0.15) is 0 Å². The molecule has 0 aromatic carbocycles. The molecule has 0 aromatic heterocycles. The normalized spacial score (nSPS) is 10.4. The Labute approximate surface area is 125 Å². The molecule has 0 aromatic rings. The van der Waals surface area contributed by atoms with Gasteiger partial charge in [-0.15, -0.1) is 0 Å². The lowest BCUT2D eigenvalue weighted by Crippen LogP contribution is -2.30. The summed E-state index contributed by atoms with van der Waals surface area (Å²) in [7, 11) is 0. The molecule has 0 bridgehead atoms. The van der Waals surface area contributed by atoms with Gasteiger partial charge in [-0.1, -0.05) is 11.8 Å². The summed E-state index contributed by atoms with van der Waals surface area (Å²) >= 11 is 1.11. The number of esters is 1. The molecule has 20 heavy (non-hydrogen) atoms. The highest BCUT2D eigenvalue weighted by Crippen LogP contribution is 2.11. The Hall–Kier alpha value is -1.04. The minimum Gasteiger partial charge on any atom is -0.463 e. The molecular formula is C14H25NO4S. The van der Waals surface area contributed by atoms with Gasteiger partial charge in [0.1, 0.15) is 0 Å². The SMILES string of the molecule is CCN(CC)C(=O)CCSC(=O)CCC(=O)OC(C)C. The average molecular weight is 303 g/mol. The van der Waals surface area contributed by atoms with Gasteiger partial charge in [-0.25, -0.2) is 0 Å². The maximum absolute atomic E-state index is 11.7. The van der Waals surface area contributed by atoms with Gasteiger partial charge in [-0.3, -0.25) is 14.4 Å². The molecular weight excluding hydrogens is 278 g/mol. The Morgan fingerprint density at radius 3 is 2.15 bits per heavy atom. The summed E-state index contributed by atoms with van der Waals surface area (Å²) in [6, 6.07) is 0. The third-order valence-electron chi connectivity index (χ3n) is 2.60. The van der Waals surface area contributed by atoms with Crippen molar-refractivity contribution in [1.29, 1.82) is 0 Å². The lowest BCUT2D eigenvalue weighted by atomic mass is 10.3. The number of amides is 1. The first-order valence-electron chi connectivity index (χ1n) is 7.03. The van der Waals surface area contributed by atoms with Crippen LogP contribution < -0.4 is 0 Å². The Morgan fingerprint density at radius 1 is 1.05 bits per heavy atom. The van der Waals surface area contributed by atoms with Gasteiger partial charge < -0.3 is 9.64 Å². The highest BCUT2D eigenvalue weighted by Gasteiger charge is 2.12. The molecule has 1 amide bonds. The molecule has 0 heterocycles. The molecule has 0 fully saturated rings. The number of rotatable bonds is 9. The van der Waals surface area contributed by atoms with Crippen LogP contribution in [0.1, 0.15) is 47.0 Å². The van der Waals surface area contributed by atoms with Gasteiger partial charge >= 0.3 is 5.97 Å². The lowest BCUT2D eigenvalue weighted by Gasteiger charge is -2.18. The minimum atomic E-state index is -0.354. The fraction of sp³-hybridized carbons (Fsp3) is 0.786. The largest absolute Gasteiger partial charge is 0.463 e. The highest BCUT2D eigenvalue weighted by molar-refractivity contribution is 8.13. The van der Waals surface area contributed by atoms with E-state index in [2.05, 4.69) is 0 Å². The first kappa shape index (κ1) is 19.0. The van der Waals surface area contributed by atoms with Crippen LogP contribution in [0.4, 0.5) is 0 Å². The van der Waals surface area contributed by atoms with Crippen molar-refractivity contribution >= 4 is 28.8 Å².